The summed E-state index contributed by atoms with van der Waals surface area (Å²) in [6.45, 7) is 4.53. The third kappa shape index (κ3) is 4.58. The predicted molar refractivity (Wildman–Crippen MR) is 131 cm³/mol. The number of hydrogen-bond donors (Lipinski definition) is 0. The molecule has 0 aliphatic carbocycles. The highest BCUT2D eigenvalue weighted by Crippen LogP contribution is 2.24. The lowest BCUT2D eigenvalue weighted by atomic mass is 10.2. The lowest BCUT2D eigenvalue weighted by Crippen LogP contribution is -2.32. The summed E-state index contributed by atoms with van der Waals surface area (Å²) in [5.41, 5.74) is 2.20. The first-order valence-corrected chi connectivity index (χ1v) is 11.5. The van der Waals surface area contributed by atoms with Gasteiger partial charge in [0.15, 0.2) is 5.76 Å². The zero-order chi connectivity index (χ0) is 22.6. The fraction of sp³-hybridized carbons (Fsp3) is 0.280. The number of para-hydroxylation sites is 1. The van der Waals surface area contributed by atoms with Crippen LogP contribution in [0, 0.1) is 4.77 Å². The Morgan fingerprint density at radius 2 is 1.73 bits per heavy atom. The summed E-state index contributed by atoms with van der Waals surface area (Å²) in [5, 5.41) is 4.86. The van der Waals surface area contributed by atoms with Crippen molar-refractivity contribution in [3.05, 3.63) is 77.8 Å². The minimum atomic E-state index is 0.642. The molecule has 33 heavy (non-hydrogen) atoms. The third-order valence-corrected chi connectivity index (χ3v) is 6.35. The second kappa shape index (κ2) is 9.64. The van der Waals surface area contributed by atoms with Gasteiger partial charge in [-0.1, -0.05) is 18.2 Å². The Bertz CT molecular complexity index is 1230. The van der Waals surface area contributed by atoms with Gasteiger partial charge in [-0.05, 0) is 67.2 Å². The van der Waals surface area contributed by atoms with Crippen LogP contribution in [0.5, 0.6) is 5.75 Å². The average molecular weight is 462 g/mol. The second-order valence-electron chi connectivity index (χ2n) is 8.05. The van der Waals surface area contributed by atoms with Gasteiger partial charge in [-0.15, -0.1) is 5.10 Å². The number of furan rings is 1. The van der Waals surface area contributed by atoms with Crippen LogP contribution in [-0.4, -0.2) is 52.5 Å². The zero-order valence-electron chi connectivity index (χ0n) is 18.6. The first kappa shape index (κ1) is 21.5. The minimum absolute atomic E-state index is 0.642. The predicted octanol–water partition coefficient (Wildman–Crippen LogP) is 4.84. The van der Waals surface area contributed by atoms with Gasteiger partial charge in [-0.25, -0.2) is 4.68 Å². The molecule has 0 amide bonds. The van der Waals surface area contributed by atoms with Gasteiger partial charge < -0.3 is 14.1 Å². The lowest BCUT2D eigenvalue weighted by molar-refractivity contribution is 0.220. The quantitative estimate of drug-likeness (QED) is 0.383. The lowest BCUT2D eigenvalue weighted by Gasteiger charge is -2.23. The second-order valence-corrected chi connectivity index (χ2v) is 8.42. The van der Waals surface area contributed by atoms with Crippen LogP contribution in [0.15, 0.2) is 77.4 Å². The van der Waals surface area contributed by atoms with E-state index in [0.29, 0.717) is 23.0 Å². The Labute approximate surface area is 198 Å². The fourth-order valence-electron chi connectivity index (χ4n) is 4.23. The van der Waals surface area contributed by atoms with Gasteiger partial charge in [-0.2, -0.15) is 0 Å². The van der Waals surface area contributed by atoms with E-state index in [9.17, 15) is 0 Å². The van der Waals surface area contributed by atoms with E-state index < -0.39 is 0 Å². The molecule has 4 aromatic rings. The molecule has 1 aliphatic rings. The molecular weight excluding hydrogens is 434 g/mol. The molecule has 1 fully saturated rings. The molecule has 0 unspecified atom stereocenters. The van der Waals surface area contributed by atoms with Gasteiger partial charge in [0, 0.05) is 31.9 Å². The number of methoxy groups -OCH3 is 1. The van der Waals surface area contributed by atoms with E-state index in [2.05, 4.69) is 21.9 Å². The summed E-state index contributed by atoms with van der Waals surface area (Å²) >= 11 is 5.87. The van der Waals surface area contributed by atoms with Crippen LogP contribution >= 0.6 is 12.2 Å². The van der Waals surface area contributed by atoms with Crippen LogP contribution < -0.4 is 9.64 Å². The Kier molecular flexibility index (Phi) is 6.28. The molecule has 0 spiro atoms. The molecular formula is C25H27N5O2S. The summed E-state index contributed by atoms with van der Waals surface area (Å²) in [5.74, 6) is 2.29. The maximum absolute atomic E-state index is 5.87. The van der Waals surface area contributed by atoms with Crippen LogP contribution in [0.25, 0.3) is 17.3 Å². The van der Waals surface area contributed by atoms with E-state index in [4.69, 9.17) is 26.5 Å². The van der Waals surface area contributed by atoms with Crippen molar-refractivity contribution in [3.63, 3.8) is 0 Å². The number of benzene rings is 2. The first-order valence-electron chi connectivity index (χ1n) is 11.1. The molecule has 1 aliphatic heterocycles. The van der Waals surface area contributed by atoms with Crippen molar-refractivity contribution >= 4 is 17.9 Å². The van der Waals surface area contributed by atoms with Crippen molar-refractivity contribution in [3.8, 4) is 23.0 Å². The van der Waals surface area contributed by atoms with Gasteiger partial charge in [0.05, 0.1) is 25.7 Å². The monoisotopic (exact) mass is 461 g/mol. The molecule has 1 saturated heterocycles. The van der Waals surface area contributed by atoms with E-state index >= 15 is 0 Å². The summed E-state index contributed by atoms with van der Waals surface area (Å²) in [6.07, 6.45) is 2.74. The molecule has 5 rings (SSSR count). The molecule has 0 bridgehead atoms. The SMILES string of the molecule is COc1ccc(N2CCCN(Cn3nc(-c4ccco4)n(-c4ccccc4)c3=S)CC2)cc1. The molecule has 0 saturated carbocycles. The molecule has 3 heterocycles. The van der Waals surface area contributed by atoms with E-state index in [-0.39, 0.29) is 0 Å². The highest BCUT2D eigenvalue weighted by molar-refractivity contribution is 7.71. The van der Waals surface area contributed by atoms with Crippen molar-refractivity contribution in [2.24, 2.45) is 0 Å². The molecule has 8 heteroatoms. The molecule has 7 nitrogen and oxygen atoms in total. The third-order valence-electron chi connectivity index (χ3n) is 5.96. The Morgan fingerprint density at radius 3 is 2.45 bits per heavy atom. The molecule has 2 aromatic carbocycles. The number of hydrogen-bond acceptors (Lipinski definition) is 6. The normalized spacial score (nSPS) is 14.9. The number of ether oxygens (including phenoxy) is 1. The molecule has 0 atom stereocenters. The summed E-state index contributed by atoms with van der Waals surface area (Å²) in [6, 6.07) is 22.1. The van der Waals surface area contributed by atoms with Gasteiger partial charge in [0.1, 0.15) is 5.75 Å². The zero-order valence-corrected chi connectivity index (χ0v) is 19.4. The number of anilines is 1. The summed E-state index contributed by atoms with van der Waals surface area (Å²) in [4.78, 5) is 4.84. The van der Waals surface area contributed by atoms with Crippen LogP contribution in [0.4, 0.5) is 5.69 Å². The first-order chi connectivity index (χ1) is 16.2. The highest BCUT2D eigenvalue weighted by atomic mass is 32.1. The van der Waals surface area contributed by atoms with E-state index in [1.165, 1.54) is 5.69 Å². The summed E-state index contributed by atoms with van der Waals surface area (Å²) in [7, 11) is 1.69. The van der Waals surface area contributed by atoms with Crippen molar-refractivity contribution in [2.45, 2.75) is 13.1 Å². The number of nitrogens with zero attached hydrogens (tertiary/aromatic N) is 5. The van der Waals surface area contributed by atoms with Crippen LogP contribution in [0.2, 0.25) is 0 Å². The molecule has 2 aromatic heterocycles. The van der Waals surface area contributed by atoms with Crippen molar-refractivity contribution in [1.82, 2.24) is 19.2 Å². The number of rotatable bonds is 6. The Morgan fingerprint density at radius 1 is 0.909 bits per heavy atom. The largest absolute Gasteiger partial charge is 0.497 e. The van der Waals surface area contributed by atoms with Gasteiger partial charge >= 0.3 is 0 Å². The van der Waals surface area contributed by atoms with Crippen LogP contribution in [0.1, 0.15) is 6.42 Å². The average Bonchev–Trinajstić information content (AvgIpc) is 3.43. The van der Waals surface area contributed by atoms with E-state index in [0.717, 1.165) is 44.0 Å². The Hall–Kier alpha value is -3.36. The molecule has 170 valence electrons. The van der Waals surface area contributed by atoms with Crippen molar-refractivity contribution < 1.29 is 9.15 Å². The van der Waals surface area contributed by atoms with Gasteiger partial charge in [0.25, 0.3) is 0 Å². The van der Waals surface area contributed by atoms with E-state index in [1.807, 2.05) is 63.8 Å². The smallest absolute Gasteiger partial charge is 0.204 e. The number of aromatic nitrogens is 3. The topological polar surface area (TPSA) is 51.6 Å². The van der Waals surface area contributed by atoms with Crippen molar-refractivity contribution in [1.29, 1.82) is 0 Å². The Balaban J connectivity index is 1.36. The van der Waals surface area contributed by atoms with E-state index in [1.54, 1.807) is 13.4 Å². The standard InChI is InChI=1S/C25H27N5O2S/c1-31-22-12-10-20(11-13-22)28-15-6-14-27(16-17-28)19-29-25(33)30(21-7-3-2-4-8-21)24(26-29)23-9-5-18-32-23/h2-5,7-13,18H,6,14-17,19H2,1H3. The van der Waals surface area contributed by atoms with Gasteiger partial charge in [-0.3, -0.25) is 9.47 Å². The fourth-order valence-corrected chi connectivity index (χ4v) is 4.52. The maximum atomic E-state index is 5.87. The summed E-state index contributed by atoms with van der Waals surface area (Å²) < 4.78 is 15.5. The highest BCUT2D eigenvalue weighted by Gasteiger charge is 2.20. The molecule has 0 N–H and O–H groups in total. The van der Waals surface area contributed by atoms with Crippen molar-refractivity contribution in [2.75, 3.05) is 38.2 Å². The maximum Gasteiger partial charge on any atom is 0.204 e. The van der Waals surface area contributed by atoms with Crippen LogP contribution in [-0.2, 0) is 6.67 Å². The minimum Gasteiger partial charge on any atom is -0.497 e. The van der Waals surface area contributed by atoms with Crippen LogP contribution in [0.3, 0.4) is 0 Å². The van der Waals surface area contributed by atoms with Gasteiger partial charge in [0.2, 0.25) is 10.6 Å². The molecule has 0 radical (unpaired) electrons.